The van der Waals surface area contributed by atoms with Crippen molar-refractivity contribution in [1.82, 2.24) is 24.6 Å². The first-order valence-corrected chi connectivity index (χ1v) is 11.9. The molecule has 1 aliphatic rings. The Labute approximate surface area is 204 Å². The lowest BCUT2D eigenvalue weighted by atomic mass is 10.1. The van der Waals surface area contributed by atoms with Gasteiger partial charge in [0.25, 0.3) is 0 Å². The molecule has 8 heteroatoms. The molecule has 2 aromatic carbocycles. The minimum absolute atomic E-state index is 0.00288. The van der Waals surface area contributed by atoms with Gasteiger partial charge in [0.2, 0.25) is 0 Å². The average molecular weight is 472 g/mol. The molecule has 0 bridgehead atoms. The fourth-order valence-electron chi connectivity index (χ4n) is 4.30. The fraction of sp³-hybridized carbons (Fsp3) is 0.333. The summed E-state index contributed by atoms with van der Waals surface area (Å²) in [5, 5.41) is 5.83. The Morgan fingerprint density at radius 1 is 1.03 bits per heavy atom. The van der Waals surface area contributed by atoms with Crippen molar-refractivity contribution in [2.24, 2.45) is 0 Å². The molecule has 2 aromatic heterocycles. The molecule has 0 N–H and O–H groups in total. The van der Waals surface area contributed by atoms with Crippen LogP contribution in [-0.2, 0) is 4.74 Å². The van der Waals surface area contributed by atoms with E-state index in [0.717, 1.165) is 46.6 Å². The molecule has 8 nitrogen and oxygen atoms in total. The molecular formula is C27H29N5O3. The standard InChI is InChI=1S/C27H29N5O3/c1-27(2,3)35-26(33)31-15-7-8-20(17-31)32-25-23(16-28-18-29-25)24(30-32)19-11-13-22(14-12-19)34-21-9-5-4-6-10-21/h4-6,9-14,16,18,20H,7-8,15,17H2,1-3H3. The Hall–Kier alpha value is -3.94. The number of fused-ring (bicyclic) bond motifs is 1. The van der Waals surface area contributed by atoms with Crippen LogP contribution < -0.4 is 4.74 Å². The lowest BCUT2D eigenvalue weighted by molar-refractivity contribution is 0.0169. The molecule has 5 rings (SSSR count). The Bertz CT molecular complexity index is 1310. The minimum atomic E-state index is -0.529. The molecule has 1 amide bonds. The summed E-state index contributed by atoms with van der Waals surface area (Å²) in [5.74, 6) is 1.54. The number of likely N-dealkylation sites (tertiary alicyclic amines) is 1. The van der Waals surface area contributed by atoms with Crippen molar-refractivity contribution in [3.63, 3.8) is 0 Å². The van der Waals surface area contributed by atoms with Crippen molar-refractivity contribution in [2.75, 3.05) is 13.1 Å². The first-order chi connectivity index (χ1) is 16.9. The molecule has 3 heterocycles. The number of ether oxygens (including phenoxy) is 2. The number of amides is 1. The average Bonchev–Trinajstić information content (AvgIpc) is 3.24. The Morgan fingerprint density at radius 2 is 1.77 bits per heavy atom. The molecule has 1 saturated heterocycles. The predicted molar refractivity (Wildman–Crippen MR) is 133 cm³/mol. The highest BCUT2D eigenvalue weighted by atomic mass is 16.6. The van der Waals surface area contributed by atoms with E-state index in [1.165, 1.54) is 6.33 Å². The molecule has 0 radical (unpaired) electrons. The predicted octanol–water partition coefficient (Wildman–Crippen LogP) is 5.86. The van der Waals surface area contributed by atoms with Crippen LogP contribution in [0.2, 0.25) is 0 Å². The first-order valence-electron chi connectivity index (χ1n) is 11.9. The van der Waals surface area contributed by atoms with Crippen molar-refractivity contribution in [2.45, 2.75) is 45.3 Å². The lowest BCUT2D eigenvalue weighted by Gasteiger charge is -2.34. The molecule has 0 saturated carbocycles. The SMILES string of the molecule is CC(C)(C)OC(=O)N1CCCC(n2nc(-c3ccc(Oc4ccccc4)cc3)c3cncnc32)C1. The van der Waals surface area contributed by atoms with Crippen molar-refractivity contribution in [3.8, 4) is 22.8 Å². The van der Waals surface area contributed by atoms with E-state index in [-0.39, 0.29) is 12.1 Å². The molecule has 1 aliphatic heterocycles. The van der Waals surface area contributed by atoms with Crippen molar-refractivity contribution in [1.29, 1.82) is 0 Å². The van der Waals surface area contributed by atoms with Gasteiger partial charge in [-0.25, -0.2) is 19.4 Å². The summed E-state index contributed by atoms with van der Waals surface area (Å²) in [5.41, 5.74) is 1.99. The van der Waals surface area contributed by atoms with Crippen LogP contribution in [0.15, 0.2) is 67.1 Å². The van der Waals surface area contributed by atoms with Gasteiger partial charge in [0.05, 0.1) is 11.4 Å². The van der Waals surface area contributed by atoms with Gasteiger partial charge in [-0.2, -0.15) is 5.10 Å². The van der Waals surface area contributed by atoms with Gasteiger partial charge in [0, 0.05) is 24.8 Å². The lowest BCUT2D eigenvalue weighted by Crippen LogP contribution is -2.43. The number of benzene rings is 2. The highest BCUT2D eigenvalue weighted by molar-refractivity contribution is 5.90. The number of hydrogen-bond donors (Lipinski definition) is 0. The second-order valence-electron chi connectivity index (χ2n) is 9.72. The van der Waals surface area contributed by atoms with Gasteiger partial charge >= 0.3 is 6.09 Å². The third-order valence-electron chi connectivity index (χ3n) is 5.87. The molecule has 35 heavy (non-hydrogen) atoms. The van der Waals surface area contributed by atoms with Crippen LogP contribution in [0.25, 0.3) is 22.3 Å². The summed E-state index contributed by atoms with van der Waals surface area (Å²) < 4.78 is 13.5. The third kappa shape index (κ3) is 5.11. The molecule has 4 aromatic rings. The van der Waals surface area contributed by atoms with E-state index in [4.69, 9.17) is 14.6 Å². The second kappa shape index (κ2) is 9.37. The normalized spacial score (nSPS) is 16.3. The van der Waals surface area contributed by atoms with Crippen molar-refractivity contribution in [3.05, 3.63) is 67.1 Å². The van der Waals surface area contributed by atoms with Crippen LogP contribution in [0.4, 0.5) is 4.79 Å². The Kier molecular flexibility index (Phi) is 6.11. The maximum atomic E-state index is 12.7. The van der Waals surface area contributed by atoms with E-state index in [9.17, 15) is 4.79 Å². The van der Waals surface area contributed by atoms with E-state index in [1.807, 2.05) is 80.1 Å². The molecule has 1 atom stereocenters. The smallest absolute Gasteiger partial charge is 0.410 e. The fourth-order valence-corrected chi connectivity index (χ4v) is 4.30. The summed E-state index contributed by atoms with van der Waals surface area (Å²) >= 11 is 0. The van der Waals surface area contributed by atoms with Gasteiger partial charge in [-0.05, 0) is 70.0 Å². The first kappa shape index (κ1) is 22.8. The summed E-state index contributed by atoms with van der Waals surface area (Å²) in [4.78, 5) is 23.2. The zero-order valence-corrected chi connectivity index (χ0v) is 20.2. The van der Waals surface area contributed by atoms with Gasteiger partial charge < -0.3 is 14.4 Å². The number of nitrogens with zero attached hydrogens (tertiary/aromatic N) is 5. The van der Waals surface area contributed by atoms with Gasteiger partial charge in [0.15, 0.2) is 5.65 Å². The molecule has 1 unspecified atom stereocenters. The molecule has 0 spiro atoms. The van der Waals surface area contributed by atoms with Crippen LogP contribution in [0, 0.1) is 0 Å². The topological polar surface area (TPSA) is 82.4 Å². The number of para-hydroxylation sites is 1. The summed E-state index contributed by atoms with van der Waals surface area (Å²) in [6.45, 7) is 6.85. The van der Waals surface area contributed by atoms with Gasteiger partial charge in [-0.1, -0.05) is 18.2 Å². The van der Waals surface area contributed by atoms with Crippen molar-refractivity contribution >= 4 is 17.1 Å². The largest absolute Gasteiger partial charge is 0.457 e. The number of carbonyl (C=O) groups is 1. The van der Waals surface area contributed by atoms with Crippen LogP contribution in [-0.4, -0.2) is 49.4 Å². The second-order valence-corrected chi connectivity index (χ2v) is 9.72. The number of hydrogen-bond acceptors (Lipinski definition) is 6. The third-order valence-corrected chi connectivity index (χ3v) is 5.87. The maximum absolute atomic E-state index is 12.7. The molecule has 1 fully saturated rings. The Morgan fingerprint density at radius 3 is 2.51 bits per heavy atom. The highest BCUT2D eigenvalue weighted by Crippen LogP contribution is 2.32. The van der Waals surface area contributed by atoms with Gasteiger partial charge in [0.1, 0.15) is 29.1 Å². The number of piperidine rings is 1. The quantitative estimate of drug-likeness (QED) is 0.371. The molecular weight excluding hydrogens is 442 g/mol. The number of aromatic nitrogens is 4. The van der Waals surface area contributed by atoms with Gasteiger partial charge in [-0.15, -0.1) is 0 Å². The minimum Gasteiger partial charge on any atom is -0.457 e. The summed E-state index contributed by atoms with van der Waals surface area (Å²) in [6, 6.07) is 17.5. The van der Waals surface area contributed by atoms with E-state index >= 15 is 0 Å². The highest BCUT2D eigenvalue weighted by Gasteiger charge is 2.30. The monoisotopic (exact) mass is 471 g/mol. The number of carbonyl (C=O) groups excluding carboxylic acids is 1. The Balaban J connectivity index is 1.41. The van der Waals surface area contributed by atoms with E-state index in [1.54, 1.807) is 11.1 Å². The van der Waals surface area contributed by atoms with E-state index < -0.39 is 5.60 Å². The molecule has 0 aliphatic carbocycles. The summed E-state index contributed by atoms with van der Waals surface area (Å²) in [7, 11) is 0. The van der Waals surface area contributed by atoms with Crippen LogP contribution in [0.1, 0.15) is 39.7 Å². The van der Waals surface area contributed by atoms with Gasteiger partial charge in [-0.3, -0.25) is 0 Å². The van der Waals surface area contributed by atoms with Crippen LogP contribution >= 0.6 is 0 Å². The number of rotatable bonds is 4. The maximum Gasteiger partial charge on any atom is 0.410 e. The summed E-state index contributed by atoms with van der Waals surface area (Å²) in [6.07, 6.45) is 4.82. The van der Waals surface area contributed by atoms with E-state index in [2.05, 4.69) is 9.97 Å². The zero-order valence-electron chi connectivity index (χ0n) is 20.2. The van der Waals surface area contributed by atoms with Crippen LogP contribution in [0.5, 0.6) is 11.5 Å². The molecule has 180 valence electrons. The zero-order chi connectivity index (χ0) is 24.4. The van der Waals surface area contributed by atoms with Crippen LogP contribution in [0.3, 0.4) is 0 Å². The van der Waals surface area contributed by atoms with E-state index in [0.29, 0.717) is 13.1 Å². The van der Waals surface area contributed by atoms with Crippen molar-refractivity contribution < 1.29 is 14.3 Å².